The number of ether oxygens (including phenoxy) is 3. The number of rotatable bonds is 9. The summed E-state index contributed by atoms with van der Waals surface area (Å²) in [7, 11) is 1.32. The van der Waals surface area contributed by atoms with Gasteiger partial charge in [-0.2, -0.15) is 0 Å². The summed E-state index contributed by atoms with van der Waals surface area (Å²) in [5, 5.41) is 0. The van der Waals surface area contributed by atoms with Crippen LogP contribution >= 0.6 is 0 Å². The second-order valence-corrected chi connectivity index (χ2v) is 6.94. The first-order chi connectivity index (χ1) is 10.5. The van der Waals surface area contributed by atoms with Gasteiger partial charge in [0, 0.05) is 0 Å². The van der Waals surface area contributed by atoms with Crippen LogP contribution in [0.15, 0.2) is 0 Å². The van der Waals surface area contributed by atoms with Crippen molar-refractivity contribution in [2.45, 2.75) is 60.8 Å². The molecule has 0 bridgehead atoms. The van der Waals surface area contributed by atoms with Crippen LogP contribution in [0.4, 0.5) is 0 Å². The average Bonchev–Trinajstić information content (AvgIpc) is 2.51. The maximum absolute atomic E-state index is 12.2. The molecule has 0 rings (SSSR count). The van der Waals surface area contributed by atoms with E-state index in [9.17, 15) is 14.4 Å². The minimum atomic E-state index is -0.873. The van der Waals surface area contributed by atoms with E-state index in [0.717, 1.165) is 0 Å². The maximum atomic E-state index is 12.2. The van der Waals surface area contributed by atoms with Crippen LogP contribution in [0.3, 0.4) is 0 Å². The third-order valence-electron chi connectivity index (χ3n) is 4.15. The van der Waals surface area contributed by atoms with Gasteiger partial charge < -0.3 is 14.2 Å². The van der Waals surface area contributed by atoms with E-state index in [1.54, 1.807) is 27.7 Å². The largest absolute Gasteiger partial charge is 0.469 e. The number of hydrogen-bond donors (Lipinski definition) is 0. The zero-order valence-electron chi connectivity index (χ0n) is 15.4. The number of carbonyl (C=O) groups excluding carboxylic acids is 3. The maximum Gasteiger partial charge on any atom is 0.314 e. The summed E-state index contributed by atoms with van der Waals surface area (Å²) >= 11 is 0. The molecule has 0 spiro atoms. The first-order valence-corrected chi connectivity index (χ1v) is 7.94. The third-order valence-corrected chi connectivity index (χ3v) is 4.15. The first-order valence-electron chi connectivity index (χ1n) is 7.94. The molecule has 0 saturated carbocycles. The molecule has 1 atom stereocenters. The van der Waals surface area contributed by atoms with Crippen molar-refractivity contribution in [3.05, 3.63) is 0 Å². The lowest BCUT2D eigenvalue weighted by molar-refractivity contribution is -0.179. The van der Waals surface area contributed by atoms with Gasteiger partial charge in [0.1, 0.15) is 0 Å². The van der Waals surface area contributed by atoms with Crippen molar-refractivity contribution in [3.8, 4) is 0 Å². The normalized spacial score (nSPS) is 13.2. The summed E-state index contributed by atoms with van der Waals surface area (Å²) in [6, 6.07) is 0. The lowest BCUT2D eigenvalue weighted by atomic mass is 9.82. The average molecular weight is 330 g/mol. The van der Waals surface area contributed by atoms with Crippen molar-refractivity contribution in [2.24, 2.45) is 16.7 Å². The summed E-state index contributed by atoms with van der Waals surface area (Å²) in [5.74, 6) is -1.64. The van der Waals surface area contributed by atoms with Gasteiger partial charge >= 0.3 is 17.9 Å². The number of hydrogen-bond acceptors (Lipinski definition) is 6. The Hall–Kier alpha value is -1.59. The Bertz CT molecular complexity index is 425. The molecule has 0 aromatic heterocycles. The van der Waals surface area contributed by atoms with Crippen LogP contribution in [-0.2, 0) is 28.6 Å². The predicted molar refractivity (Wildman–Crippen MR) is 85.3 cm³/mol. The van der Waals surface area contributed by atoms with Crippen molar-refractivity contribution >= 4 is 17.9 Å². The van der Waals surface area contributed by atoms with E-state index in [2.05, 4.69) is 0 Å². The SMILES string of the molecule is CCC(CC(C)(C)C(=O)OCOC(=O)C(C)(C)CC)C(=O)OC. The van der Waals surface area contributed by atoms with Crippen molar-refractivity contribution in [2.75, 3.05) is 13.9 Å². The van der Waals surface area contributed by atoms with Crippen molar-refractivity contribution in [3.63, 3.8) is 0 Å². The molecule has 0 amide bonds. The highest BCUT2D eigenvalue weighted by Crippen LogP contribution is 2.29. The molecule has 0 aliphatic heterocycles. The molecule has 0 aliphatic rings. The summed E-state index contributed by atoms with van der Waals surface area (Å²) in [6.07, 6.45) is 1.51. The highest BCUT2D eigenvalue weighted by Gasteiger charge is 2.35. The van der Waals surface area contributed by atoms with Crippen LogP contribution in [0.25, 0.3) is 0 Å². The van der Waals surface area contributed by atoms with E-state index in [1.807, 2.05) is 13.8 Å². The fourth-order valence-corrected chi connectivity index (χ4v) is 1.93. The summed E-state index contributed by atoms with van der Waals surface area (Å²) in [4.78, 5) is 35.6. The molecule has 0 aromatic rings. The Balaban J connectivity index is 4.54. The Labute approximate surface area is 138 Å². The molecule has 134 valence electrons. The van der Waals surface area contributed by atoms with Gasteiger partial charge in [-0.15, -0.1) is 0 Å². The molecular weight excluding hydrogens is 300 g/mol. The Morgan fingerprint density at radius 3 is 1.78 bits per heavy atom. The van der Waals surface area contributed by atoms with Gasteiger partial charge in [0.2, 0.25) is 6.79 Å². The molecule has 23 heavy (non-hydrogen) atoms. The fraction of sp³-hybridized carbons (Fsp3) is 0.824. The zero-order chi connectivity index (χ0) is 18.3. The second-order valence-electron chi connectivity index (χ2n) is 6.94. The Morgan fingerprint density at radius 2 is 1.39 bits per heavy atom. The summed E-state index contributed by atoms with van der Waals surface area (Å²) in [6.45, 7) is 10.2. The lowest BCUT2D eigenvalue weighted by Crippen LogP contribution is -2.33. The molecule has 0 aliphatic carbocycles. The molecule has 6 nitrogen and oxygen atoms in total. The first kappa shape index (κ1) is 21.4. The van der Waals surface area contributed by atoms with Crippen LogP contribution in [-0.4, -0.2) is 31.8 Å². The molecular formula is C17H30O6. The monoisotopic (exact) mass is 330 g/mol. The van der Waals surface area contributed by atoms with E-state index < -0.39 is 29.6 Å². The molecule has 1 unspecified atom stereocenters. The fourth-order valence-electron chi connectivity index (χ4n) is 1.93. The van der Waals surface area contributed by atoms with Crippen LogP contribution < -0.4 is 0 Å². The van der Waals surface area contributed by atoms with Crippen molar-refractivity contribution < 1.29 is 28.6 Å². The summed E-state index contributed by atoms with van der Waals surface area (Å²) < 4.78 is 14.8. The lowest BCUT2D eigenvalue weighted by Gasteiger charge is -2.26. The van der Waals surface area contributed by atoms with Crippen LogP contribution in [0, 0.1) is 16.7 Å². The topological polar surface area (TPSA) is 78.9 Å². The van der Waals surface area contributed by atoms with Gasteiger partial charge in [0.05, 0.1) is 23.9 Å². The molecule has 0 aromatic carbocycles. The van der Waals surface area contributed by atoms with Gasteiger partial charge in [-0.1, -0.05) is 13.8 Å². The van der Waals surface area contributed by atoms with E-state index in [0.29, 0.717) is 19.3 Å². The van der Waals surface area contributed by atoms with Gasteiger partial charge in [0.25, 0.3) is 0 Å². The van der Waals surface area contributed by atoms with Crippen LogP contribution in [0.1, 0.15) is 60.8 Å². The summed E-state index contributed by atoms with van der Waals surface area (Å²) in [5.41, 5.74) is -1.48. The minimum absolute atomic E-state index is 0.309. The third kappa shape index (κ3) is 6.59. The standard InChI is InChI=1S/C17H30O6/c1-8-12(13(18)21-7)10-17(5,6)15(20)23-11-22-14(19)16(3,4)9-2/h12H,8-11H2,1-7H3. The van der Waals surface area contributed by atoms with Crippen molar-refractivity contribution in [1.29, 1.82) is 0 Å². The van der Waals surface area contributed by atoms with Gasteiger partial charge in [-0.05, 0) is 47.0 Å². The quantitative estimate of drug-likeness (QED) is 0.477. The molecule has 0 N–H and O–H groups in total. The highest BCUT2D eigenvalue weighted by atomic mass is 16.7. The van der Waals surface area contributed by atoms with Crippen LogP contribution in [0.5, 0.6) is 0 Å². The minimum Gasteiger partial charge on any atom is -0.469 e. The zero-order valence-corrected chi connectivity index (χ0v) is 15.4. The molecule has 0 heterocycles. The molecule has 0 fully saturated rings. The Morgan fingerprint density at radius 1 is 0.913 bits per heavy atom. The molecule has 0 radical (unpaired) electrons. The van der Waals surface area contributed by atoms with E-state index >= 15 is 0 Å². The Kier molecular flexibility index (Phi) is 8.28. The number of methoxy groups -OCH3 is 1. The molecule has 0 saturated heterocycles. The molecule has 6 heteroatoms. The predicted octanol–water partition coefficient (Wildman–Crippen LogP) is 3.08. The second kappa shape index (κ2) is 8.89. The highest BCUT2D eigenvalue weighted by molar-refractivity contribution is 5.79. The van der Waals surface area contributed by atoms with E-state index in [4.69, 9.17) is 14.2 Å². The van der Waals surface area contributed by atoms with E-state index in [-0.39, 0.29) is 11.9 Å². The van der Waals surface area contributed by atoms with Gasteiger partial charge in [0.15, 0.2) is 0 Å². The van der Waals surface area contributed by atoms with Crippen molar-refractivity contribution in [1.82, 2.24) is 0 Å². The van der Waals surface area contributed by atoms with Gasteiger partial charge in [-0.3, -0.25) is 14.4 Å². The number of esters is 3. The smallest absolute Gasteiger partial charge is 0.314 e. The van der Waals surface area contributed by atoms with Gasteiger partial charge in [-0.25, -0.2) is 0 Å². The van der Waals surface area contributed by atoms with E-state index in [1.165, 1.54) is 7.11 Å². The number of carbonyl (C=O) groups is 3. The van der Waals surface area contributed by atoms with Crippen LogP contribution in [0.2, 0.25) is 0 Å².